The fraction of sp³-hybridized carbons (Fsp3) is 0.111. The maximum Gasteiger partial charge on any atom is 0.416 e. The van der Waals surface area contributed by atoms with Gasteiger partial charge in [-0.15, -0.1) is 0 Å². The van der Waals surface area contributed by atoms with E-state index in [0.29, 0.717) is 16.5 Å². The predicted molar refractivity (Wildman–Crippen MR) is 88.5 cm³/mol. The van der Waals surface area contributed by atoms with Gasteiger partial charge in [-0.3, -0.25) is 4.57 Å². The SMILES string of the molecule is Cc1nc(C#Cc2cccc(Cl)c2)cn1-c1cc(C(F)(F)F)ccn1. The molecule has 0 N–H and O–H groups in total. The van der Waals surface area contributed by atoms with Crippen molar-refractivity contribution in [1.82, 2.24) is 14.5 Å². The molecule has 0 saturated carbocycles. The summed E-state index contributed by atoms with van der Waals surface area (Å²) in [5, 5.41) is 0.571. The number of rotatable bonds is 1. The Labute approximate surface area is 147 Å². The van der Waals surface area contributed by atoms with Gasteiger partial charge in [0.1, 0.15) is 17.3 Å². The topological polar surface area (TPSA) is 30.7 Å². The van der Waals surface area contributed by atoms with E-state index in [1.54, 1.807) is 37.4 Å². The molecule has 0 aliphatic heterocycles. The highest BCUT2D eigenvalue weighted by Crippen LogP contribution is 2.29. The number of aromatic nitrogens is 3. The number of imidazole rings is 1. The van der Waals surface area contributed by atoms with E-state index < -0.39 is 11.7 Å². The molecule has 25 heavy (non-hydrogen) atoms. The average molecular weight is 362 g/mol. The summed E-state index contributed by atoms with van der Waals surface area (Å²) >= 11 is 5.90. The summed E-state index contributed by atoms with van der Waals surface area (Å²) < 4.78 is 40.0. The first-order valence-electron chi connectivity index (χ1n) is 7.20. The lowest BCUT2D eigenvalue weighted by Crippen LogP contribution is -2.07. The molecule has 0 aliphatic carbocycles. The Hall–Kier alpha value is -2.78. The second-order valence-electron chi connectivity index (χ2n) is 5.20. The summed E-state index contributed by atoms with van der Waals surface area (Å²) in [4.78, 5) is 8.24. The Morgan fingerprint density at radius 3 is 2.64 bits per heavy atom. The van der Waals surface area contributed by atoms with Crippen LogP contribution >= 0.6 is 11.6 Å². The van der Waals surface area contributed by atoms with Crippen molar-refractivity contribution >= 4 is 11.6 Å². The number of pyridine rings is 1. The number of alkyl halides is 3. The fourth-order valence-electron chi connectivity index (χ4n) is 2.19. The number of aryl methyl sites for hydroxylation is 1. The molecule has 0 radical (unpaired) electrons. The van der Waals surface area contributed by atoms with Crippen LogP contribution in [-0.4, -0.2) is 14.5 Å². The van der Waals surface area contributed by atoms with E-state index in [1.165, 1.54) is 4.57 Å². The van der Waals surface area contributed by atoms with Crippen LogP contribution in [0.3, 0.4) is 0 Å². The van der Waals surface area contributed by atoms with Crippen molar-refractivity contribution in [2.45, 2.75) is 13.1 Å². The summed E-state index contributed by atoms with van der Waals surface area (Å²) in [7, 11) is 0. The average Bonchev–Trinajstić information content (AvgIpc) is 2.93. The van der Waals surface area contributed by atoms with Crippen molar-refractivity contribution < 1.29 is 13.2 Å². The van der Waals surface area contributed by atoms with E-state index in [-0.39, 0.29) is 5.82 Å². The normalized spacial score (nSPS) is 11.1. The number of benzene rings is 1. The molecule has 0 amide bonds. The molecule has 0 atom stereocenters. The summed E-state index contributed by atoms with van der Waals surface area (Å²) in [6.45, 7) is 1.67. The quantitative estimate of drug-likeness (QED) is 0.591. The maximum absolute atomic E-state index is 12.8. The minimum Gasteiger partial charge on any atom is -0.287 e. The van der Waals surface area contributed by atoms with Crippen LogP contribution in [0.25, 0.3) is 5.82 Å². The van der Waals surface area contributed by atoms with Crippen molar-refractivity contribution in [2.24, 2.45) is 0 Å². The van der Waals surface area contributed by atoms with E-state index in [2.05, 4.69) is 21.8 Å². The first kappa shape index (κ1) is 17.1. The zero-order valence-electron chi connectivity index (χ0n) is 13.0. The fourth-order valence-corrected chi connectivity index (χ4v) is 2.38. The van der Waals surface area contributed by atoms with Gasteiger partial charge in [0.25, 0.3) is 0 Å². The zero-order valence-corrected chi connectivity index (χ0v) is 13.7. The Morgan fingerprint density at radius 2 is 1.92 bits per heavy atom. The van der Waals surface area contributed by atoms with Crippen molar-refractivity contribution in [2.75, 3.05) is 0 Å². The second-order valence-corrected chi connectivity index (χ2v) is 5.64. The van der Waals surface area contributed by atoms with Crippen molar-refractivity contribution in [3.05, 3.63) is 76.5 Å². The second kappa shape index (κ2) is 6.61. The Kier molecular flexibility index (Phi) is 4.51. The molecule has 0 spiro atoms. The molecule has 0 saturated heterocycles. The van der Waals surface area contributed by atoms with Gasteiger partial charge in [-0.05, 0) is 43.2 Å². The van der Waals surface area contributed by atoms with Gasteiger partial charge in [0, 0.05) is 23.0 Å². The largest absolute Gasteiger partial charge is 0.416 e. The minimum absolute atomic E-state index is 0.135. The zero-order chi connectivity index (χ0) is 18.0. The molecule has 0 unspecified atom stereocenters. The monoisotopic (exact) mass is 361 g/mol. The minimum atomic E-state index is -4.43. The van der Waals surface area contributed by atoms with Crippen LogP contribution in [-0.2, 0) is 6.18 Å². The van der Waals surface area contributed by atoms with Gasteiger partial charge in [0.15, 0.2) is 0 Å². The lowest BCUT2D eigenvalue weighted by molar-refractivity contribution is -0.137. The third-order valence-corrected chi connectivity index (χ3v) is 3.60. The van der Waals surface area contributed by atoms with Gasteiger partial charge < -0.3 is 0 Å². The van der Waals surface area contributed by atoms with Crippen LogP contribution in [0.5, 0.6) is 0 Å². The summed E-state index contributed by atoms with van der Waals surface area (Å²) in [6.07, 6.45) is -1.76. The Balaban J connectivity index is 1.94. The van der Waals surface area contributed by atoms with Crippen molar-refractivity contribution in [1.29, 1.82) is 0 Å². The van der Waals surface area contributed by atoms with Crippen LogP contribution in [0.2, 0.25) is 5.02 Å². The highest BCUT2D eigenvalue weighted by atomic mass is 35.5. The Morgan fingerprint density at radius 1 is 1.12 bits per heavy atom. The van der Waals surface area contributed by atoms with Gasteiger partial charge in [-0.2, -0.15) is 13.2 Å². The molecule has 1 aromatic carbocycles. The number of halogens is 4. The smallest absolute Gasteiger partial charge is 0.287 e. The molecule has 0 bridgehead atoms. The van der Waals surface area contributed by atoms with Crippen LogP contribution in [0.1, 0.15) is 22.6 Å². The standard InChI is InChI=1S/C18H11ClF3N3/c1-12-24-16(6-5-13-3-2-4-15(19)9-13)11-25(12)17-10-14(7-8-23-17)18(20,21)22/h2-4,7-11H,1H3. The van der Waals surface area contributed by atoms with Gasteiger partial charge in [-0.25, -0.2) is 9.97 Å². The lowest BCUT2D eigenvalue weighted by atomic mass is 10.2. The molecule has 0 aliphatic rings. The van der Waals surface area contributed by atoms with E-state index in [1.807, 2.05) is 0 Å². The number of hydrogen-bond donors (Lipinski definition) is 0. The van der Waals surface area contributed by atoms with Gasteiger partial charge in [-0.1, -0.05) is 23.6 Å². The molecular weight excluding hydrogens is 351 g/mol. The van der Waals surface area contributed by atoms with Crippen LogP contribution in [0, 0.1) is 18.8 Å². The molecule has 3 nitrogen and oxygen atoms in total. The van der Waals surface area contributed by atoms with Crippen LogP contribution in [0.4, 0.5) is 13.2 Å². The van der Waals surface area contributed by atoms with Crippen molar-refractivity contribution in [3.8, 4) is 17.7 Å². The van der Waals surface area contributed by atoms with Gasteiger partial charge >= 0.3 is 6.18 Å². The van der Waals surface area contributed by atoms with Crippen LogP contribution in [0.15, 0.2) is 48.8 Å². The summed E-state index contributed by atoms with van der Waals surface area (Å²) in [5.41, 5.74) is 0.380. The van der Waals surface area contributed by atoms with Gasteiger partial charge in [0.2, 0.25) is 0 Å². The Bertz CT molecular complexity index is 981. The van der Waals surface area contributed by atoms with E-state index in [9.17, 15) is 13.2 Å². The highest BCUT2D eigenvalue weighted by molar-refractivity contribution is 6.30. The molecule has 126 valence electrons. The van der Waals surface area contributed by atoms with E-state index in [0.717, 1.165) is 23.9 Å². The summed E-state index contributed by atoms with van der Waals surface area (Å²) in [6, 6.07) is 8.94. The molecule has 3 rings (SSSR count). The van der Waals surface area contributed by atoms with Crippen molar-refractivity contribution in [3.63, 3.8) is 0 Å². The molecule has 0 fully saturated rings. The van der Waals surface area contributed by atoms with E-state index in [4.69, 9.17) is 11.6 Å². The third kappa shape index (κ3) is 4.01. The van der Waals surface area contributed by atoms with E-state index >= 15 is 0 Å². The molecule has 2 heterocycles. The number of nitrogens with zero attached hydrogens (tertiary/aromatic N) is 3. The first-order valence-corrected chi connectivity index (χ1v) is 7.58. The number of hydrogen-bond acceptors (Lipinski definition) is 2. The highest BCUT2D eigenvalue weighted by Gasteiger charge is 2.31. The lowest BCUT2D eigenvalue weighted by Gasteiger charge is -2.09. The first-order chi connectivity index (χ1) is 11.8. The molecule has 7 heteroatoms. The van der Waals surface area contributed by atoms with Gasteiger partial charge in [0.05, 0.1) is 5.56 Å². The molecular formula is C18H11ClF3N3. The molecule has 3 aromatic rings. The van der Waals surface area contributed by atoms with Crippen LogP contribution < -0.4 is 0 Å². The third-order valence-electron chi connectivity index (χ3n) is 3.36. The summed E-state index contributed by atoms with van der Waals surface area (Å²) in [5.74, 6) is 6.42. The molecule has 2 aromatic heterocycles. The predicted octanol–water partition coefficient (Wildman–Crippen LogP) is 4.65. The maximum atomic E-state index is 12.8.